The van der Waals surface area contributed by atoms with Gasteiger partial charge in [-0.05, 0) is 36.2 Å². The van der Waals surface area contributed by atoms with E-state index in [-0.39, 0.29) is 0 Å². The second kappa shape index (κ2) is 5.39. The van der Waals surface area contributed by atoms with Crippen LogP contribution in [0.2, 0.25) is 5.02 Å². The van der Waals surface area contributed by atoms with E-state index in [4.69, 9.17) is 27.9 Å². The highest BCUT2D eigenvalue weighted by molar-refractivity contribution is 6.32. The van der Waals surface area contributed by atoms with Gasteiger partial charge in [-0.1, -0.05) is 17.7 Å². The summed E-state index contributed by atoms with van der Waals surface area (Å²) in [6, 6.07) is 9.25. The number of hydrogen-bond donors (Lipinski definition) is 0. The van der Waals surface area contributed by atoms with Crippen molar-refractivity contribution in [3.8, 4) is 11.6 Å². The molecule has 2 rings (SSSR count). The summed E-state index contributed by atoms with van der Waals surface area (Å²) in [7, 11) is 0. The van der Waals surface area contributed by atoms with Gasteiger partial charge in [0.2, 0.25) is 5.88 Å². The number of halogens is 2. The lowest BCUT2D eigenvalue weighted by atomic mass is 10.2. The van der Waals surface area contributed by atoms with E-state index in [0.717, 1.165) is 11.1 Å². The fraction of sp³-hybridized carbons (Fsp3) is 0.154. The number of pyridine rings is 1. The van der Waals surface area contributed by atoms with Gasteiger partial charge >= 0.3 is 0 Å². The average Bonchev–Trinajstić information content (AvgIpc) is 2.34. The number of hydrogen-bond acceptors (Lipinski definition) is 2. The molecule has 0 amide bonds. The number of nitrogens with zero attached hydrogens (tertiary/aromatic N) is 1. The number of benzene rings is 1. The zero-order valence-electron chi connectivity index (χ0n) is 9.28. The van der Waals surface area contributed by atoms with Gasteiger partial charge in [0, 0.05) is 18.1 Å². The number of rotatable bonds is 3. The molecule has 1 aromatic carbocycles. The van der Waals surface area contributed by atoms with E-state index < -0.39 is 0 Å². The van der Waals surface area contributed by atoms with Crippen LogP contribution in [-0.2, 0) is 5.88 Å². The smallest absolute Gasteiger partial charge is 0.219 e. The Bertz CT molecular complexity index is 529. The van der Waals surface area contributed by atoms with Crippen molar-refractivity contribution in [2.45, 2.75) is 12.8 Å². The molecule has 0 bridgehead atoms. The SMILES string of the molecule is Cc1ccc(Cl)c(Oc2cc(CCl)ccn2)c1. The molecule has 0 N–H and O–H groups in total. The monoisotopic (exact) mass is 267 g/mol. The van der Waals surface area contributed by atoms with Gasteiger partial charge in [0.25, 0.3) is 0 Å². The van der Waals surface area contributed by atoms with Gasteiger partial charge in [0.15, 0.2) is 0 Å². The van der Waals surface area contributed by atoms with Crippen molar-refractivity contribution in [1.29, 1.82) is 0 Å². The van der Waals surface area contributed by atoms with Gasteiger partial charge in [-0.2, -0.15) is 0 Å². The Morgan fingerprint density at radius 1 is 1.24 bits per heavy atom. The number of alkyl halides is 1. The van der Waals surface area contributed by atoms with Gasteiger partial charge in [-0.3, -0.25) is 0 Å². The summed E-state index contributed by atoms with van der Waals surface area (Å²) in [5.74, 6) is 1.53. The molecule has 0 aliphatic carbocycles. The molecular formula is C13H11Cl2NO. The van der Waals surface area contributed by atoms with Crippen molar-refractivity contribution >= 4 is 23.2 Å². The van der Waals surface area contributed by atoms with E-state index in [0.29, 0.717) is 22.5 Å². The first-order valence-electron chi connectivity index (χ1n) is 5.14. The Morgan fingerprint density at radius 2 is 2.06 bits per heavy atom. The lowest BCUT2D eigenvalue weighted by molar-refractivity contribution is 0.462. The van der Waals surface area contributed by atoms with Gasteiger partial charge in [-0.25, -0.2) is 4.98 Å². The van der Waals surface area contributed by atoms with Crippen LogP contribution in [-0.4, -0.2) is 4.98 Å². The highest BCUT2D eigenvalue weighted by Gasteiger charge is 2.05. The minimum Gasteiger partial charge on any atom is -0.437 e. The van der Waals surface area contributed by atoms with E-state index in [1.807, 2.05) is 25.1 Å². The normalized spacial score (nSPS) is 10.3. The van der Waals surface area contributed by atoms with Crippen LogP contribution >= 0.6 is 23.2 Å². The second-order valence-corrected chi connectivity index (χ2v) is 4.35. The number of aryl methyl sites for hydroxylation is 1. The standard InChI is InChI=1S/C13H11Cl2NO/c1-9-2-3-11(15)12(6-9)17-13-7-10(8-14)4-5-16-13/h2-7H,8H2,1H3. The van der Waals surface area contributed by atoms with Crippen LogP contribution in [0.1, 0.15) is 11.1 Å². The first-order valence-corrected chi connectivity index (χ1v) is 6.05. The summed E-state index contributed by atoms with van der Waals surface area (Å²) in [6.07, 6.45) is 1.66. The molecule has 2 aromatic rings. The summed E-state index contributed by atoms with van der Waals surface area (Å²) >= 11 is 11.8. The van der Waals surface area contributed by atoms with E-state index in [1.54, 1.807) is 18.3 Å². The van der Waals surface area contributed by atoms with Crippen LogP contribution in [0.15, 0.2) is 36.5 Å². The molecule has 0 fully saturated rings. The van der Waals surface area contributed by atoms with Crippen molar-refractivity contribution in [3.05, 3.63) is 52.7 Å². The Hall–Kier alpha value is -1.25. The molecule has 1 aromatic heterocycles. The highest BCUT2D eigenvalue weighted by Crippen LogP contribution is 2.29. The lowest BCUT2D eigenvalue weighted by Gasteiger charge is -2.08. The number of aromatic nitrogens is 1. The van der Waals surface area contributed by atoms with E-state index in [9.17, 15) is 0 Å². The quantitative estimate of drug-likeness (QED) is 0.760. The molecule has 0 atom stereocenters. The molecule has 0 saturated heterocycles. The Balaban J connectivity index is 2.27. The van der Waals surface area contributed by atoms with Crippen LogP contribution in [0.3, 0.4) is 0 Å². The molecule has 88 valence electrons. The van der Waals surface area contributed by atoms with Crippen LogP contribution in [0.25, 0.3) is 0 Å². The zero-order chi connectivity index (χ0) is 12.3. The van der Waals surface area contributed by atoms with Crippen molar-refractivity contribution in [2.24, 2.45) is 0 Å². The lowest BCUT2D eigenvalue weighted by Crippen LogP contribution is -1.90. The third-order valence-electron chi connectivity index (χ3n) is 2.25. The zero-order valence-corrected chi connectivity index (χ0v) is 10.8. The van der Waals surface area contributed by atoms with Crippen LogP contribution in [0, 0.1) is 6.92 Å². The minimum atomic E-state index is 0.431. The fourth-order valence-corrected chi connectivity index (χ4v) is 1.71. The highest BCUT2D eigenvalue weighted by atomic mass is 35.5. The van der Waals surface area contributed by atoms with Gasteiger partial charge in [-0.15, -0.1) is 11.6 Å². The first kappa shape index (κ1) is 12.2. The molecule has 0 radical (unpaired) electrons. The maximum atomic E-state index is 6.04. The topological polar surface area (TPSA) is 22.1 Å². The molecule has 0 aliphatic rings. The summed E-state index contributed by atoms with van der Waals surface area (Å²) in [4.78, 5) is 4.11. The summed E-state index contributed by atoms with van der Waals surface area (Å²) in [5.41, 5.74) is 2.04. The molecule has 0 unspecified atom stereocenters. The molecule has 4 heteroatoms. The predicted octanol–water partition coefficient (Wildman–Crippen LogP) is 4.57. The molecular weight excluding hydrogens is 257 g/mol. The Morgan fingerprint density at radius 3 is 2.82 bits per heavy atom. The Kier molecular flexibility index (Phi) is 3.87. The van der Waals surface area contributed by atoms with Crippen LogP contribution in [0.5, 0.6) is 11.6 Å². The van der Waals surface area contributed by atoms with Gasteiger partial charge in [0.1, 0.15) is 5.75 Å². The third-order valence-corrected chi connectivity index (χ3v) is 2.88. The largest absolute Gasteiger partial charge is 0.437 e. The summed E-state index contributed by atoms with van der Waals surface area (Å²) < 4.78 is 5.63. The average molecular weight is 268 g/mol. The maximum absolute atomic E-state index is 6.04. The molecule has 0 spiro atoms. The summed E-state index contributed by atoms with van der Waals surface area (Å²) in [5, 5.41) is 0.564. The van der Waals surface area contributed by atoms with Gasteiger partial charge in [0.05, 0.1) is 5.02 Å². The molecule has 1 heterocycles. The molecule has 0 saturated carbocycles. The third kappa shape index (κ3) is 3.11. The summed E-state index contributed by atoms with van der Waals surface area (Å²) in [6.45, 7) is 1.98. The molecule has 0 aliphatic heterocycles. The van der Waals surface area contributed by atoms with Crippen molar-refractivity contribution in [1.82, 2.24) is 4.98 Å². The van der Waals surface area contributed by atoms with E-state index >= 15 is 0 Å². The molecule has 2 nitrogen and oxygen atoms in total. The van der Waals surface area contributed by atoms with Crippen molar-refractivity contribution < 1.29 is 4.74 Å². The van der Waals surface area contributed by atoms with Crippen LogP contribution < -0.4 is 4.74 Å². The maximum Gasteiger partial charge on any atom is 0.219 e. The molecule has 17 heavy (non-hydrogen) atoms. The second-order valence-electron chi connectivity index (χ2n) is 3.67. The van der Waals surface area contributed by atoms with E-state index in [1.165, 1.54) is 0 Å². The van der Waals surface area contributed by atoms with Crippen molar-refractivity contribution in [3.63, 3.8) is 0 Å². The Labute approximate surface area is 110 Å². The van der Waals surface area contributed by atoms with E-state index in [2.05, 4.69) is 4.98 Å². The number of ether oxygens (including phenoxy) is 1. The fourth-order valence-electron chi connectivity index (χ4n) is 1.39. The van der Waals surface area contributed by atoms with Crippen LogP contribution in [0.4, 0.5) is 0 Å². The minimum absolute atomic E-state index is 0.431. The van der Waals surface area contributed by atoms with Gasteiger partial charge < -0.3 is 4.74 Å². The predicted molar refractivity (Wildman–Crippen MR) is 70.1 cm³/mol. The first-order chi connectivity index (χ1) is 8.19. The van der Waals surface area contributed by atoms with Crippen molar-refractivity contribution in [2.75, 3.05) is 0 Å².